The smallest absolute Gasteiger partial charge is 0.167 e. The van der Waals surface area contributed by atoms with Crippen molar-refractivity contribution in [1.82, 2.24) is 5.32 Å². The van der Waals surface area contributed by atoms with Crippen molar-refractivity contribution in [2.24, 2.45) is 0 Å². The van der Waals surface area contributed by atoms with Crippen molar-refractivity contribution in [3.05, 3.63) is 24.0 Å². The summed E-state index contributed by atoms with van der Waals surface area (Å²) in [6, 6.07) is 6.57. The third-order valence-electron chi connectivity index (χ3n) is 3.82. The van der Waals surface area contributed by atoms with Crippen LogP contribution in [0.1, 0.15) is 26.2 Å². The molecule has 2 fully saturated rings. The van der Waals surface area contributed by atoms with Gasteiger partial charge in [0.25, 0.3) is 0 Å². The number of anilines is 1. The fourth-order valence-electron chi connectivity index (χ4n) is 2.67. The topological polar surface area (TPSA) is 24.5 Å². The van der Waals surface area contributed by atoms with E-state index in [9.17, 15) is 4.39 Å². The Kier molecular flexibility index (Phi) is 3.60. The van der Waals surface area contributed by atoms with Gasteiger partial charge in [-0.2, -0.15) is 0 Å². The summed E-state index contributed by atoms with van der Waals surface area (Å²) in [6.07, 6.45) is 3.77. The van der Waals surface area contributed by atoms with Crippen LogP contribution in [0.5, 0.6) is 5.75 Å². The normalized spacial score (nSPS) is 22.8. The lowest BCUT2D eigenvalue weighted by Crippen LogP contribution is -2.33. The molecule has 3 nitrogen and oxygen atoms in total. The van der Waals surface area contributed by atoms with Crippen molar-refractivity contribution >= 4 is 5.69 Å². The van der Waals surface area contributed by atoms with E-state index in [4.69, 9.17) is 4.74 Å². The van der Waals surface area contributed by atoms with Gasteiger partial charge in [-0.25, -0.2) is 4.39 Å². The summed E-state index contributed by atoms with van der Waals surface area (Å²) >= 11 is 0. The molecule has 1 aliphatic carbocycles. The molecule has 0 radical (unpaired) electrons. The van der Waals surface area contributed by atoms with E-state index >= 15 is 0 Å². The first-order chi connectivity index (χ1) is 9.26. The third kappa shape index (κ3) is 3.00. The fourth-order valence-corrected chi connectivity index (χ4v) is 2.67. The maximum atomic E-state index is 13.8. The maximum Gasteiger partial charge on any atom is 0.167 e. The summed E-state index contributed by atoms with van der Waals surface area (Å²) in [4.78, 5) is 2.25. The van der Waals surface area contributed by atoms with E-state index in [0.29, 0.717) is 18.4 Å². The lowest BCUT2D eigenvalue weighted by Gasteiger charge is -2.19. The summed E-state index contributed by atoms with van der Waals surface area (Å²) < 4.78 is 19.1. The molecule has 2 aliphatic rings. The highest BCUT2D eigenvalue weighted by Gasteiger charge is 2.29. The highest BCUT2D eigenvalue weighted by molar-refractivity contribution is 5.51. The molecule has 1 saturated heterocycles. The second kappa shape index (κ2) is 5.37. The molecule has 0 aromatic heterocycles. The van der Waals surface area contributed by atoms with Gasteiger partial charge in [0, 0.05) is 36.9 Å². The molecule has 1 unspecified atom stereocenters. The van der Waals surface area contributed by atoms with E-state index in [1.165, 1.54) is 12.8 Å². The number of nitrogens with zero attached hydrogens (tertiary/aromatic N) is 1. The molecule has 1 aliphatic heterocycles. The van der Waals surface area contributed by atoms with Crippen molar-refractivity contribution in [3.63, 3.8) is 0 Å². The van der Waals surface area contributed by atoms with E-state index in [-0.39, 0.29) is 5.82 Å². The minimum atomic E-state index is -0.266. The highest BCUT2D eigenvalue weighted by atomic mass is 19.1. The summed E-state index contributed by atoms with van der Waals surface area (Å²) in [5.41, 5.74) is 0.959. The van der Waals surface area contributed by atoms with Crippen molar-refractivity contribution in [3.8, 4) is 5.75 Å². The van der Waals surface area contributed by atoms with E-state index in [1.54, 1.807) is 12.1 Å². The Balaban J connectivity index is 1.63. The van der Waals surface area contributed by atoms with Crippen molar-refractivity contribution in [1.29, 1.82) is 0 Å². The quantitative estimate of drug-likeness (QED) is 0.884. The molecule has 1 atom stereocenters. The molecule has 1 heterocycles. The number of hydrogen-bond donors (Lipinski definition) is 1. The van der Waals surface area contributed by atoms with Crippen LogP contribution in [0.2, 0.25) is 0 Å². The standard InChI is InChI=1S/C15H21FN2O/c1-2-19-15-6-5-13(9-14(15)16)18-8-7-12(10-18)17-11-3-4-11/h5-6,9,11-12,17H,2-4,7-8,10H2,1H3. The van der Waals surface area contributed by atoms with E-state index in [2.05, 4.69) is 10.2 Å². The first kappa shape index (κ1) is 12.7. The predicted molar refractivity (Wildman–Crippen MR) is 74.3 cm³/mol. The molecule has 0 amide bonds. The maximum absolute atomic E-state index is 13.8. The molecule has 19 heavy (non-hydrogen) atoms. The van der Waals surface area contributed by atoms with Crippen molar-refractivity contribution in [2.45, 2.75) is 38.3 Å². The Bertz CT molecular complexity index is 448. The van der Waals surface area contributed by atoms with Crippen LogP contribution < -0.4 is 15.0 Å². The van der Waals surface area contributed by atoms with Gasteiger partial charge in [-0.3, -0.25) is 0 Å². The summed E-state index contributed by atoms with van der Waals surface area (Å²) in [5.74, 6) is 0.0797. The van der Waals surface area contributed by atoms with Crippen LogP contribution in [0.4, 0.5) is 10.1 Å². The summed E-state index contributed by atoms with van der Waals surface area (Å²) in [7, 11) is 0. The molecule has 1 aromatic carbocycles. The number of rotatable bonds is 5. The van der Waals surface area contributed by atoms with E-state index in [0.717, 1.165) is 31.2 Å². The zero-order chi connectivity index (χ0) is 13.2. The van der Waals surface area contributed by atoms with Gasteiger partial charge in [0.15, 0.2) is 11.6 Å². The largest absolute Gasteiger partial charge is 0.491 e. The monoisotopic (exact) mass is 264 g/mol. The number of ether oxygens (including phenoxy) is 1. The SMILES string of the molecule is CCOc1ccc(N2CCC(NC3CC3)C2)cc1F. The molecule has 0 bridgehead atoms. The molecular weight excluding hydrogens is 243 g/mol. The minimum Gasteiger partial charge on any atom is -0.491 e. The number of nitrogens with one attached hydrogen (secondary N) is 1. The van der Waals surface area contributed by atoms with Gasteiger partial charge in [0.2, 0.25) is 0 Å². The molecule has 1 N–H and O–H groups in total. The molecule has 0 spiro atoms. The molecule has 3 rings (SSSR count). The average molecular weight is 264 g/mol. The van der Waals surface area contributed by atoms with Crippen LogP contribution in [-0.2, 0) is 0 Å². The number of benzene rings is 1. The van der Waals surface area contributed by atoms with Gasteiger partial charge in [-0.15, -0.1) is 0 Å². The number of hydrogen-bond acceptors (Lipinski definition) is 3. The van der Waals surface area contributed by atoms with Gasteiger partial charge in [0.1, 0.15) is 0 Å². The van der Waals surface area contributed by atoms with Gasteiger partial charge in [-0.05, 0) is 38.3 Å². The lowest BCUT2D eigenvalue weighted by atomic mass is 10.2. The molecule has 1 saturated carbocycles. The molecule has 104 valence electrons. The molecule has 4 heteroatoms. The van der Waals surface area contributed by atoms with Gasteiger partial charge in [0.05, 0.1) is 6.61 Å². The summed E-state index contributed by atoms with van der Waals surface area (Å²) in [5, 5.41) is 3.64. The molecule has 1 aromatic rings. The highest BCUT2D eigenvalue weighted by Crippen LogP contribution is 2.28. The average Bonchev–Trinajstić information content (AvgIpc) is 3.08. The second-order valence-corrected chi connectivity index (χ2v) is 5.42. The first-order valence-electron chi connectivity index (χ1n) is 7.19. The van der Waals surface area contributed by atoms with Gasteiger partial charge >= 0.3 is 0 Å². The Labute approximate surface area is 113 Å². The van der Waals surface area contributed by atoms with Crippen molar-refractivity contribution in [2.75, 3.05) is 24.6 Å². The van der Waals surface area contributed by atoms with Crippen LogP contribution in [0.3, 0.4) is 0 Å². The number of halogens is 1. The van der Waals surface area contributed by atoms with Crippen LogP contribution in [0.15, 0.2) is 18.2 Å². The van der Waals surface area contributed by atoms with Crippen LogP contribution in [-0.4, -0.2) is 31.8 Å². The first-order valence-corrected chi connectivity index (χ1v) is 7.19. The van der Waals surface area contributed by atoms with Crippen LogP contribution in [0, 0.1) is 5.82 Å². The Morgan fingerprint density at radius 3 is 2.84 bits per heavy atom. The Morgan fingerprint density at radius 2 is 2.16 bits per heavy atom. The Hall–Kier alpha value is -1.29. The van der Waals surface area contributed by atoms with Crippen LogP contribution >= 0.6 is 0 Å². The lowest BCUT2D eigenvalue weighted by molar-refractivity contribution is 0.321. The summed E-state index contributed by atoms with van der Waals surface area (Å²) in [6.45, 7) is 4.33. The van der Waals surface area contributed by atoms with Gasteiger partial charge in [-0.1, -0.05) is 0 Å². The third-order valence-corrected chi connectivity index (χ3v) is 3.82. The zero-order valence-electron chi connectivity index (χ0n) is 11.4. The van der Waals surface area contributed by atoms with E-state index in [1.807, 2.05) is 13.0 Å². The molecular formula is C15H21FN2O. The van der Waals surface area contributed by atoms with Gasteiger partial charge < -0.3 is 15.0 Å². The van der Waals surface area contributed by atoms with E-state index < -0.39 is 0 Å². The zero-order valence-corrected chi connectivity index (χ0v) is 11.4. The minimum absolute atomic E-state index is 0.266. The predicted octanol–water partition coefficient (Wildman–Crippen LogP) is 2.56. The second-order valence-electron chi connectivity index (χ2n) is 5.42. The van der Waals surface area contributed by atoms with Crippen LogP contribution in [0.25, 0.3) is 0 Å². The Morgan fingerprint density at radius 1 is 1.32 bits per heavy atom. The fraction of sp³-hybridized carbons (Fsp3) is 0.600. The van der Waals surface area contributed by atoms with Crippen molar-refractivity contribution < 1.29 is 9.13 Å².